The SMILES string of the molecule is CC(C)(C)C1=C(C(C)(C)C)C1=[Si](/C=C(\c1ccccc1)[Si](C)(C)C(C)(C)C)[Si](C)(C)C(C)(C)C. The zero-order chi connectivity index (χ0) is 26.7. The first-order valence-corrected chi connectivity index (χ1v) is 21.8. The molecule has 0 bridgehead atoms. The van der Waals surface area contributed by atoms with Gasteiger partial charge >= 0.3 is 0 Å². The van der Waals surface area contributed by atoms with Crippen molar-refractivity contribution >= 4 is 34.0 Å². The molecule has 1 aliphatic carbocycles. The van der Waals surface area contributed by atoms with Crippen LogP contribution in [0.1, 0.15) is 88.6 Å². The van der Waals surface area contributed by atoms with E-state index in [4.69, 9.17) is 0 Å². The van der Waals surface area contributed by atoms with E-state index in [1.54, 1.807) is 16.3 Å². The molecular weight excluding hydrogens is 457 g/mol. The number of allylic oxidation sites excluding steroid dienone is 2. The molecule has 3 heteroatoms. The van der Waals surface area contributed by atoms with Crippen molar-refractivity contribution in [3.8, 4) is 0 Å². The molecule has 0 N–H and O–H groups in total. The third kappa shape index (κ3) is 5.62. The van der Waals surface area contributed by atoms with Crippen molar-refractivity contribution in [3.63, 3.8) is 0 Å². The molecule has 190 valence electrons. The van der Waals surface area contributed by atoms with Gasteiger partial charge in [-0.05, 0) is 42.8 Å². The molecule has 1 aromatic rings. The van der Waals surface area contributed by atoms with Crippen LogP contribution in [0.4, 0.5) is 0 Å². The van der Waals surface area contributed by atoms with Gasteiger partial charge in [0.15, 0.2) is 0 Å². The summed E-state index contributed by atoms with van der Waals surface area (Å²) in [6.07, 6.45) is 0. The molecule has 0 radical (unpaired) electrons. The van der Waals surface area contributed by atoms with Gasteiger partial charge in [0.25, 0.3) is 0 Å². The molecule has 0 aromatic heterocycles. The van der Waals surface area contributed by atoms with Gasteiger partial charge < -0.3 is 0 Å². The molecule has 0 unspecified atom stereocenters. The van der Waals surface area contributed by atoms with E-state index >= 15 is 0 Å². The minimum atomic E-state index is -1.75. The third-order valence-corrected chi connectivity index (χ3v) is 28.9. The van der Waals surface area contributed by atoms with Crippen LogP contribution in [0.15, 0.2) is 47.2 Å². The maximum atomic E-state index is 2.91. The van der Waals surface area contributed by atoms with Gasteiger partial charge in [-0.25, -0.2) is 0 Å². The molecule has 2 rings (SSSR count). The van der Waals surface area contributed by atoms with Crippen LogP contribution in [0.2, 0.25) is 36.3 Å². The molecule has 0 atom stereocenters. The predicted octanol–water partition coefficient (Wildman–Crippen LogP) is 9.90. The van der Waals surface area contributed by atoms with Gasteiger partial charge in [0.2, 0.25) is 0 Å². The first kappa shape index (κ1) is 29.5. The highest BCUT2D eigenvalue weighted by Gasteiger charge is 2.50. The molecule has 0 saturated heterocycles. The summed E-state index contributed by atoms with van der Waals surface area (Å²) in [5.41, 5.74) is 8.22. The highest BCUT2D eigenvalue weighted by molar-refractivity contribution is 7.38. The Kier molecular flexibility index (Phi) is 7.76. The van der Waals surface area contributed by atoms with Crippen LogP contribution < -0.4 is 0 Å². The lowest BCUT2D eigenvalue weighted by Crippen LogP contribution is -2.50. The summed E-state index contributed by atoms with van der Waals surface area (Å²) in [5, 5.41) is 4.16. The average molecular weight is 511 g/mol. The smallest absolute Gasteiger partial charge is 0.0798 e. The maximum Gasteiger partial charge on any atom is 0.0861 e. The fourth-order valence-corrected chi connectivity index (χ4v) is 19.2. The van der Waals surface area contributed by atoms with Gasteiger partial charge in [0.1, 0.15) is 0 Å². The van der Waals surface area contributed by atoms with E-state index in [2.05, 4.69) is 145 Å². The van der Waals surface area contributed by atoms with E-state index in [0.717, 1.165) is 0 Å². The Hall–Kier alpha value is -0.779. The Morgan fingerprint density at radius 2 is 1.06 bits per heavy atom. The Balaban J connectivity index is 3.03. The molecule has 0 heterocycles. The second-order valence-electron chi connectivity index (χ2n) is 15.7. The number of rotatable bonds is 4. The summed E-state index contributed by atoms with van der Waals surface area (Å²) in [4.78, 5) is 0. The zero-order valence-corrected chi connectivity index (χ0v) is 28.5. The molecular formula is C31H54Si3. The van der Waals surface area contributed by atoms with Crippen LogP contribution >= 0.6 is 0 Å². The van der Waals surface area contributed by atoms with Crippen molar-refractivity contribution in [2.75, 3.05) is 0 Å². The lowest BCUT2D eigenvalue weighted by molar-refractivity contribution is 0.502. The van der Waals surface area contributed by atoms with Crippen LogP contribution in [-0.4, -0.2) is 28.8 Å². The summed E-state index contributed by atoms with van der Waals surface area (Å²) in [6.45, 7) is 40.2. The Morgan fingerprint density at radius 1 is 0.647 bits per heavy atom. The van der Waals surface area contributed by atoms with E-state index in [1.165, 1.54) is 5.56 Å². The highest BCUT2D eigenvalue weighted by Crippen LogP contribution is 2.52. The topological polar surface area (TPSA) is 0 Å². The van der Waals surface area contributed by atoms with Gasteiger partial charge in [-0.2, -0.15) is 0 Å². The molecule has 0 saturated carbocycles. The first-order valence-electron chi connectivity index (χ1n) is 13.2. The molecule has 0 aliphatic heterocycles. The van der Waals surface area contributed by atoms with Gasteiger partial charge in [0.05, 0.1) is 15.7 Å². The zero-order valence-electron chi connectivity index (χ0n) is 25.5. The summed E-state index contributed by atoms with van der Waals surface area (Å²) < 4.78 is 0. The summed E-state index contributed by atoms with van der Waals surface area (Å²) in [5.74, 6) is 0. The van der Waals surface area contributed by atoms with Gasteiger partial charge in [-0.3, -0.25) is 0 Å². The molecule has 34 heavy (non-hydrogen) atoms. The Morgan fingerprint density at radius 3 is 1.38 bits per heavy atom. The van der Waals surface area contributed by atoms with Crippen molar-refractivity contribution in [2.24, 2.45) is 10.8 Å². The van der Waals surface area contributed by atoms with Gasteiger partial charge in [0, 0.05) is 7.93 Å². The third-order valence-electron chi connectivity index (χ3n) is 8.93. The van der Waals surface area contributed by atoms with E-state index < -0.39 is 23.6 Å². The minimum absolute atomic E-state index is 0.216. The van der Waals surface area contributed by atoms with Crippen molar-refractivity contribution in [1.29, 1.82) is 0 Å². The fourth-order valence-electron chi connectivity index (χ4n) is 4.72. The van der Waals surface area contributed by atoms with Crippen molar-refractivity contribution in [2.45, 2.75) is 119 Å². The number of hydrogen-bond donors (Lipinski definition) is 0. The van der Waals surface area contributed by atoms with E-state index in [0.29, 0.717) is 10.1 Å². The van der Waals surface area contributed by atoms with Crippen LogP contribution in [0.25, 0.3) is 5.20 Å². The summed E-state index contributed by atoms with van der Waals surface area (Å²) in [6, 6.07) is 11.4. The molecule has 1 aliphatic rings. The molecule has 0 nitrogen and oxygen atoms in total. The van der Waals surface area contributed by atoms with Crippen LogP contribution in [0, 0.1) is 10.8 Å². The molecule has 1 aromatic carbocycles. The van der Waals surface area contributed by atoms with E-state index in [1.807, 2.05) is 5.17 Å². The second kappa shape index (κ2) is 8.96. The van der Waals surface area contributed by atoms with Crippen molar-refractivity contribution in [3.05, 3.63) is 52.7 Å². The largest absolute Gasteiger partial charge is 0.0861 e. The first-order chi connectivity index (χ1) is 15.0. The maximum absolute atomic E-state index is 2.91. The predicted molar refractivity (Wildman–Crippen MR) is 166 cm³/mol. The van der Waals surface area contributed by atoms with E-state index in [9.17, 15) is 0 Å². The minimum Gasteiger partial charge on any atom is -0.0798 e. The fraction of sp³-hybridized carbons (Fsp3) is 0.645. The van der Waals surface area contributed by atoms with Crippen LogP contribution in [0.3, 0.4) is 0 Å². The molecule has 0 spiro atoms. The molecule has 0 fully saturated rings. The van der Waals surface area contributed by atoms with Crippen molar-refractivity contribution in [1.82, 2.24) is 0 Å². The highest BCUT2D eigenvalue weighted by atomic mass is 29.2. The number of benzene rings is 1. The molecule has 0 amide bonds. The normalized spacial score (nSPS) is 16.8. The Labute approximate surface area is 216 Å². The van der Waals surface area contributed by atoms with E-state index in [-0.39, 0.29) is 10.8 Å². The monoisotopic (exact) mass is 510 g/mol. The van der Waals surface area contributed by atoms with Crippen molar-refractivity contribution < 1.29 is 0 Å². The second-order valence-corrected chi connectivity index (χ2v) is 32.7. The Bertz CT molecular complexity index is 978. The summed E-state index contributed by atoms with van der Waals surface area (Å²) >= 11 is 0. The quantitative estimate of drug-likeness (QED) is 0.353. The number of hydrogen-bond acceptors (Lipinski definition) is 0. The van der Waals surface area contributed by atoms with Crippen LogP contribution in [0.5, 0.6) is 0 Å². The summed E-state index contributed by atoms with van der Waals surface area (Å²) in [7, 11) is -4.27. The van der Waals surface area contributed by atoms with Gasteiger partial charge in [-0.15, -0.1) is 0 Å². The lowest BCUT2D eigenvalue weighted by Gasteiger charge is -2.42. The van der Waals surface area contributed by atoms with Crippen LogP contribution in [-0.2, 0) is 0 Å². The average Bonchev–Trinajstić information content (AvgIpc) is 3.37. The lowest BCUT2D eigenvalue weighted by atomic mass is 9.89. The van der Waals surface area contributed by atoms with Gasteiger partial charge in [-0.1, -0.05) is 151 Å². The standard InChI is InChI=1S/C31H54Si3/c1-28(2,3)25-26(29(4,5)6)27(25)32(34(15,16)31(10,11)12)22-24(23-20-18-17-19-21-23)33(13,14)30(7,8)9/h17-22H,1-16H3/b24-22+.